The molecule has 2 bridgehead atoms. The summed E-state index contributed by atoms with van der Waals surface area (Å²) < 4.78 is 13.1. The van der Waals surface area contributed by atoms with E-state index in [2.05, 4.69) is 16.3 Å². The Labute approximate surface area is 181 Å². The molecular weight excluding hydrogens is 394 g/mol. The van der Waals surface area contributed by atoms with E-state index in [4.69, 9.17) is 14.2 Å². The van der Waals surface area contributed by atoms with E-state index in [1.807, 2.05) is 56.5 Å². The first-order valence-corrected chi connectivity index (χ1v) is 11.0. The van der Waals surface area contributed by atoms with Crippen molar-refractivity contribution in [2.24, 2.45) is 7.05 Å². The Morgan fingerprint density at radius 1 is 1.19 bits per heavy atom. The molecule has 2 aliphatic rings. The van der Waals surface area contributed by atoms with Crippen LogP contribution in [0.15, 0.2) is 22.7 Å². The number of piperidine rings is 1. The molecule has 164 valence electrons. The minimum absolute atomic E-state index is 0.175. The molecule has 0 saturated carbocycles. The summed E-state index contributed by atoms with van der Waals surface area (Å²) in [6.07, 6.45) is 3.49. The number of aryl methyl sites for hydroxylation is 2. The number of hydrogen-bond donors (Lipinski definition) is 0. The Kier molecular flexibility index (Phi) is 4.57. The maximum Gasteiger partial charge on any atom is 0.410 e. The highest BCUT2D eigenvalue weighted by Gasteiger charge is 2.46. The molecule has 1 aromatic carbocycles. The van der Waals surface area contributed by atoms with Crippen LogP contribution in [0.2, 0.25) is 0 Å². The van der Waals surface area contributed by atoms with Crippen LogP contribution in [0, 0.1) is 6.92 Å². The van der Waals surface area contributed by atoms with Gasteiger partial charge in [0.05, 0.1) is 11.2 Å². The molecule has 2 aliphatic heterocycles. The third-order valence-corrected chi connectivity index (χ3v) is 6.43. The lowest BCUT2D eigenvalue weighted by atomic mass is 9.90. The molecule has 3 aromatic rings. The van der Waals surface area contributed by atoms with Gasteiger partial charge in [-0.2, -0.15) is 10.1 Å². The summed E-state index contributed by atoms with van der Waals surface area (Å²) in [5, 5.41) is 9.91. The maximum absolute atomic E-state index is 12.7. The number of ether oxygens (including phenoxy) is 1. The predicted octanol–water partition coefficient (Wildman–Crippen LogP) is 4.58. The minimum Gasteiger partial charge on any atom is -0.444 e. The van der Waals surface area contributed by atoms with E-state index >= 15 is 0 Å². The monoisotopic (exact) mass is 423 g/mol. The van der Waals surface area contributed by atoms with Gasteiger partial charge in [0.1, 0.15) is 5.60 Å². The average molecular weight is 424 g/mol. The van der Waals surface area contributed by atoms with E-state index in [1.165, 1.54) is 0 Å². The SMILES string of the molecule is Cc1nn(C)c2cc(-c3nc(C4C[C@H]5CC[C@@H](C4)N5C(=O)OC(C)(C)C)no3)ccc12. The first-order chi connectivity index (χ1) is 14.7. The van der Waals surface area contributed by atoms with Gasteiger partial charge in [0.2, 0.25) is 0 Å². The van der Waals surface area contributed by atoms with Crippen molar-refractivity contribution in [1.29, 1.82) is 0 Å². The van der Waals surface area contributed by atoms with Gasteiger partial charge in [-0.25, -0.2) is 4.79 Å². The molecule has 4 heterocycles. The molecule has 2 fully saturated rings. The number of carbonyl (C=O) groups excluding carboxylic acids is 1. The first kappa shape index (κ1) is 20.0. The fourth-order valence-electron chi connectivity index (χ4n) is 5.09. The van der Waals surface area contributed by atoms with Gasteiger partial charge in [-0.05, 0) is 65.5 Å². The van der Waals surface area contributed by atoms with Crippen LogP contribution in [0.5, 0.6) is 0 Å². The van der Waals surface area contributed by atoms with Gasteiger partial charge < -0.3 is 14.2 Å². The van der Waals surface area contributed by atoms with E-state index in [0.29, 0.717) is 5.89 Å². The normalized spacial score (nSPS) is 23.5. The Morgan fingerprint density at radius 2 is 1.90 bits per heavy atom. The Morgan fingerprint density at radius 3 is 2.58 bits per heavy atom. The average Bonchev–Trinajstić information content (AvgIpc) is 3.36. The van der Waals surface area contributed by atoms with Crippen molar-refractivity contribution in [2.75, 3.05) is 0 Å². The van der Waals surface area contributed by atoms with Crippen molar-refractivity contribution in [3.63, 3.8) is 0 Å². The van der Waals surface area contributed by atoms with Crippen LogP contribution in [-0.2, 0) is 11.8 Å². The van der Waals surface area contributed by atoms with E-state index in [1.54, 1.807) is 0 Å². The zero-order chi connectivity index (χ0) is 21.9. The molecule has 5 rings (SSSR count). The number of nitrogens with zero attached hydrogens (tertiary/aromatic N) is 5. The summed E-state index contributed by atoms with van der Waals surface area (Å²) in [5.74, 6) is 1.45. The largest absolute Gasteiger partial charge is 0.444 e. The molecule has 1 amide bonds. The molecule has 2 aromatic heterocycles. The van der Waals surface area contributed by atoms with E-state index in [9.17, 15) is 4.79 Å². The molecule has 31 heavy (non-hydrogen) atoms. The van der Waals surface area contributed by atoms with Crippen LogP contribution in [0.4, 0.5) is 4.79 Å². The molecule has 8 heteroatoms. The summed E-state index contributed by atoms with van der Waals surface area (Å²) in [7, 11) is 1.94. The number of benzene rings is 1. The molecule has 0 radical (unpaired) electrons. The summed E-state index contributed by atoms with van der Waals surface area (Å²) in [4.78, 5) is 19.4. The number of hydrogen-bond acceptors (Lipinski definition) is 6. The number of fused-ring (bicyclic) bond motifs is 3. The van der Waals surface area contributed by atoms with Crippen molar-refractivity contribution >= 4 is 17.0 Å². The molecule has 3 atom stereocenters. The number of carbonyl (C=O) groups is 1. The number of aromatic nitrogens is 4. The van der Waals surface area contributed by atoms with Gasteiger partial charge in [-0.3, -0.25) is 4.68 Å². The second kappa shape index (κ2) is 7.07. The van der Waals surface area contributed by atoms with Crippen LogP contribution in [0.1, 0.15) is 63.9 Å². The lowest BCUT2D eigenvalue weighted by Gasteiger charge is -2.38. The topological polar surface area (TPSA) is 86.3 Å². The molecular formula is C23H29N5O3. The Hall–Kier alpha value is -2.90. The molecule has 8 nitrogen and oxygen atoms in total. The fourth-order valence-corrected chi connectivity index (χ4v) is 5.09. The third-order valence-electron chi connectivity index (χ3n) is 6.43. The van der Waals surface area contributed by atoms with Gasteiger partial charge in [0, 0.05) is 36.0 Å². The van der Waals surface area contributed by atoms with Gasteiger partial charge in [0.25, 0.3) is 5.89 Å². The fraction of sp³-hybridized carbons (Fsp3) is 0.565. The van der Waals surface area contributed by atoms with Crippen molar-refractivity contribution < 1.29 is 14.1 Å². The van der Waals surface area contributed by atoms with E-state index < -0.39 is 5.60 Å². The highest BCUT2D eigenvalue weighted by Crippen LogP contribution is 2.43. The van der Waals surface area contributed by atoms with Crippen LogP contribution < -0.4 is 0 Å². The zero-order valence-corrected chi connectivity index (χ0v) is 18.8. The highest BCUT2D eigenvalue weighted by atomic mass is 16.6. The van der Waals surface area contributed by atoms with E-state index in [0.717, 1.165) is 53.7 Å². The van der Waals surface area contributed by atoms with Gasteiger partial charge in [0.15, 0.2) is 5.82 Å². The van der Waals surface area contributed by atoms with Crippen molar-refractivity contribution in [1.82, 2.24) is 24.8 Å². The quantitative estimate of drug-likeness (QED) is 0.600. The van der Waals surface area contributed by atoms with Crippen LogP contribution in [0.3, 0.4) is 0 Å². The smallest absolute Gasteiger partial charge is 0.410 e. The van der Waals surface area contributed by atoms with Crippen LogP contribution in [-0.4, -0.2) is 48.6 Å². The molecule has 2 saturated heterocycles. The number of amides is 1. The van der Waals surface area contributed by atoms with Crippen molar-refractivity contribution in [3.8, 4) is 11.5 Å². The van der Waals surface area contributed by atoms with Crippen LogP contribution in [0.25, 0.3) is 22.4 Å². The Balaban J connectivity index is 1.35. The molecule has 1 unspecified atom stereocenters. The number of rotatable bonds is 2. The summed E-state index contributed by atoms with van der Waals surface area (Å²) in [5.41, 5.74) is 2.45. The lowest BCUT2D eigenvalue weighted by molar-refractivity contribution is 0.00548. The third kappa shape index (κ3) is 3.58. The second-order valence-corrected chi connectivity index (χ2v) is 9.84. The molecule has 0 N–H and O–H groups in total. The predicted molar refractivity (Wildman–Crippen MR) is 116 cm³/mol. The van der Waals surface area contributed by atoms with Crippen molar-refractivity contribution in [3.05, 3.63) is 29.7 Å². The Bertz CT molecular complexity index is 1130. The van der Waals surface area contributed by atoms with Crippen LogP contribution >= 0.6 is 0 Å². The zero-order valence-electron chi connectivity index (χ0n) is 18.8. The van der Waals surface area contributed by atoms with E-state index in [-0.39, 0.29) is 24.1 Å². The summed E-state index contributed by atoms with van der Waals surface area (Å²) >= 11 is 0. The molecule has 0 aliphatic carbocycles. The van der Waals surface area contributed by atoms with Gasteiger partial charge >= 0.3 is 6.09 Å². The van der Waals surface area contributed by atoms with Crippen molar-refractivity contribution in [2.45, 2.75) is 77.0 Å². The minimum atomic E-state index is -0.483. The highest BCUT2D eigenvalue weighted by molar-refractivity contribution is 5.85. The standard InChI is InChI=1S/C23H29N5O3/c1-13-18-9-6-14(12-19(18)27(5)25-13)21-24-20(26-31-21)15-10-16-7-8-17(11-15)28(16)22(29)30-23(2,3)4/h6,9,12,15-17H,7-8,10-11H2,1-5H3/t15?,16-,17+. The molecule has 0 spiro atoms. The van der Waals surface area contributed by atoms with Gasteiger partial charge in [-0.1, -0.05) is 11.2 Å². The van der Waals surface area contributed by atoms with Gasteiger partial charge in [-0.15, -0.1) is 0 Å². The summed E-state index contributed by atoms with van der Waals surface area (Å²) in [6.45, 7) is 7.73. The lowest BCUT2D eigenvalue weighted by Crippen LogP contribution is -2.48. The first-order valence-electron chi connectivity index (χ1n) is 11.0. The second-order valence-electron chi connectivity index (χ2n) is 9.84. The maximum atomic E-state index is 12.7. The summed E-state index contributed by atoms with van der Waals surface area (Å²) in [6, 6.07) is 6.45.